The minimum atomic E-state index is -3.77. The molecule has 2 rings (SSSR count). The molecule has 4 nitrogen and oxygen atoms in total. The van der Waals surface area contributed by atoms with Crippen LogP contribution in [0.5, 0.6) is 0 Å². The lowest BCUT2D eigenvalue weighted by atomic mass is 10.2. The van der Waals surface area contributed by atoms with Gasteiger partial charge in [-0.15, -0.1) is 5.10 Å². The Morgan fingerprint density at radius 1 is 1.20 bits per heavy atom. The minimum absolute atomic E-state index is 0.0182. The highest BCUT2D eigenvalue weighted by Gasteiger charge is 2.21. The average Bonchev–Trinajstić information content (AvgIpc) is 2.67. The summed E-state index contributed by atoms with van der Waals surface area (Å²) in [7, 11) is 1.49. The van der Waals surface area contributed by atoms with Gasteiger partial charge < -0.3 is 0 Å². The van der Waals surface area contributed by atoms with Crippen LogP contribution in [-0.2, 0) is 9.05 Å². The number of hydrogen-bond acceptors (Lipinski definition) is 5. The van der Waals surface area contributed by atoms with Gasteiger partial charge >= 0.3 is 0 Å². The van der Waals surface area contributed by atoms with Gasteiger partial charge in [0, 0.05) is 27.8 Å². The number of hydrogen-bond donors (Lipinski definition) is 0. The number of benzene rings is 1. The van der Waals surface area contributed by atoms with E-state index in [4.69, 9.17) is 10.7 Å². The van der Waals surface area contributed by atoms with Gasteiger partial charge in [-0.05, 0) is 0 Å². The zero-order chi connectivity index (χ0) is 10.9. The third-order valence-corrected chi connectivity index (χ3v) is 4.50. The molecule has 2 aromatic rings. The van der Waals surface area contributed by atoms with E-state index in [1.54, 1.807) is 24.3 Å². The van der Waals surface area contributed by atoms with Crippen molar-refractivity contribution in [2.45, 2.75) is 4.21 Å². The fourth-order valence-corrected chi connectivity index (χ4v) is 2.87. The maximum atomic E-state index is 11.2. The van der Waals surface area contributed by atoms with Gasteiger partial charge in [-0.3, -0.25) is 0 Å². The Bertz CT molecular complexity index is 565. The van der Waals surface area contributed by atoms with Crippen molar-refractivity contribution in [3.63, 3.8) is 0 Å². The molecule has 15 heavy (non-hydrogen) atoms. The standard InChI is InChI=1S/C8H5ClN2O2S2/c9-15(12,13)8-7(10-11-14-8)6-4-2-1-3-5-6/h1-5H. The summed E-state index contributed by atoms with van der Waals surface area (Å²) in [5, 5.41) is 3.76. The molecule has 1 aromatic carbocycles. The largest absolute Gasteiger partial charge is 0.274 e. The van der Waals surface area contributed by atoms with E-state index >= 15 is 0 Å². The Balaban J connectivity index is 2.61. The smallest absolute Gasteiger partial charge is 0.206 e. The fourth-order valence-electron chi connectivity index (χ4n) is 1.11. The van der Waals surface area contributed by atoms with Crippen LogP contribution in [0.1, 0.15) is 0 Å². The molecule has 1 aromatic heterocycles. The molecular formula is C8H5ClN2O2S2. The molecular weight excluding hydrogens is 256 g/mol. The first kappa shape index (κ1) is 10.5. The first-order chi connectivity index (χ1) is 7.09. The Hall–Kier alpha value is -0.980. The van der Waals surface area contributed by atoms with E-state index in [0.717, 1.165) is 11.5 Å². The highest BCUT2D eigenvalue weighted by molar-refractivity contribution is 8.15. The van der Waals surface area contributed by atoms with Gasteiger partial charge in [-0.25, -0.2) is 8.42 Å². The van der Waals surface area contributed by atoms with E-state index in [1.807, 2.05) is 6.07 Å². The molecule has 0 fully saturated rings. The van der Waals surface area contributed by atoms with Crippen LogP contribution in [0.15, 0.2) is 34.5 Å². The summed E-state index contributed by atoms with van der Waals surface area (Å²) in [5.74, 6) is 0. The molecule has 78 valence electrons. The van der Waals surface area contributed by atoms with Crippen molar-refractivity contribution < 1.29 is 8.42 Å². The fraction of sp³-hybridized carbons (Fsp3) is 0. The van der Waals surface area contributed by atoms with Gasteiger partial charge in [-0.1, -0.05) is 34.8 Å². The zero-order valence-corrected chi connectivity index (χ0v) is 9.68. The van der Waals surface area contributed by atoms with Gasteiger partial charge in [0.25, 0.3) is 9.05 Å². The normalized spacial score (nSPS) is 11.5. The first-order valence-corrected chi connectivity index (χ1v) is 7.00. The van der Waals surface area contributed by atoms with Crippen molar-refractivity contribution in [2.24, 2.45) is 0 Å². The predicted octanol–water partition coefficient (Wildman–Crippen LogP) is 2.13. The van der Waals surface area contributed by atoms with Crippen molar-refractivity contribution in [3.05, 3.63) is 30.3 Å². The van der Waals surface area contributed by atoms with Crippen LogP contribution in [0.4, 0.5) is 0 Å². The SMILES string of the molecule is O=S(=O)(Cl)c1snnc1-c1ccccc1. The Kier molecular flexibility index (Phi) is 2.72. The zero-order valence-electron chi connectivity index (χ0n) is 7.29. The Morgan fingerprint density at radius 3 is 2.47 bits per heavy atom. The maximum Gasteiger partial charge on any atom is 0.274 e. The third kappa shape index (κ3) is 2.17. The second-order valence-corrected chi connectivity index (χ2v) is 6.23. The van der Waals surface area contributed by atoms with Crippen LogP contribution < -0.4 is 0 Å². The van der Waals surface area contributed by atoms with Gasteiger partial charge in [0.05, 0.1) is 0 Å². The predicted molar refractivity (Wildman–Crippen MR) is 58.4 cm³/mol. The molecule has 0 bridgehead atoms. The lowest BCUT2D eigenvalue weighted by molar-refractivity contribution is 0.611. The number of halogens is 1. The first-order valence-electron chi connectivity index (χ1n) is 3.91. The topological polar surface area (TPSA) is 59.9 Å². The highest BCUT2D eigenvalue weighted by Crippen LogP contribution is 2.29. The molecule has 0 saturated carbocycles. The van der Waals surface area contributed by atoms with Crippen molar-refractivity contribution in [1.29, 1.82) is 0 Å². The van der Waals surface area contributed by atoms with Crippen LogP contribution in [0, 0.1) is 0 Å². The second kappa shape index (κ2) is 3.88. The van der Waals surface area contributed by atoms with Crippen molar-refractivity contribution >= 4 is 31.3 Å². The van der Waals surface area contributed by atoms with E-state index in [2.05, 4.69) is 9.59 Å². The van der Waals surface area contributed by atoms with Gasteiger partial charge in [-0.2, -0.15) is 0 Å². The lowest BCUT2D eigenvalue weighted by Crippen LogP contribution is -1.90. The van der Waals surface area contributed by atoms with Crippen molar-refractivity contribution in [2.75, 3.05) is 0 Å². The van der Waals surface area contributed by atoms with Crippen LogP contribution >= 0.6 is 22.2 Å². The summed E-state index contributed by atoms with van der Waals surface area (Å²) in [4.78, 5) is 0. The Labute approximate surface area is 95.1 Å². The molecule has 0 aliphatic carbocycles. The summed E-state index contributed by atoms with van der Waals surface area (Å²) in [6, 6.07) is 8.92. The van der Waals surface area contributed by atoms with E-state index in [1.165, 1.54) is 0 Å². The summed E-state index contributed by atoms with van der Waals surface area (Å²) >= 11 is 0.770. The summed E-state index contributed by atoms with van der Waals surface area (Å²) in [6.07, 6.45) is 0. The van der Waals surface area contributed by atoms with Crippen molar-refractivity contribution in [1.82, 2.24) is 9.59 Å². The third-order valence-electron chi connectivity index (χ3n) is 1.73. The quantitative estimate of drug-likeness (QED) is 0.776. The average molecular weight is 261 g/mol. The molecule has 0 amide bonds. The molecule has 0 N–H and O–H groups in total. The van der Waals surface area contributed by atoms with Crippen LogP contribution in [0.2, 0.25) is 0 Å². The monoisotopic (exact) mass is 260 g/mol. The van der Waals surface area contributed by atoms with Crippen LogP contribution in [0.25, 0.3) is 11.3 Å². The molecule has 0 aliphatic rings. The van der Waals surface area contributed by atoms with E-state index in [0.29, 0.717) is 11.3 Å². The van der Waals surface area contributed by atoms with Gasteiger partial charge in [0.1, 0.15) is 5.69 Å². The van der Waals surface area contributed by atoms with Gasteiger partial charge in [0.15, 0.2) is 4.21 Å². The molecule has 0 saturated heterocycles. The highest BCUT2D eigenvalue weighted by atomic mass is 35.7. The van der Waals surface area contributed by atoms with Crippen molar-refractivity contribution in [3.8, 4) is 11.3 Å². The summed E-state index contributed by atoms with van der Waals surface area (Å²) < 4.78 is 25.9. The Morgan fingerprint density at radius 2 is 1.87 bits per heavy atom. The molecule has 0 radical (unpaired) electrons. The molecule has 0 spiro atoms. The number of rotatable bonds is 2. The van der Waals surface area contributed by atoms with E-state index < -0.39 is 9.05 Å². The molecule has 7 heteroatoms. The summed E-state index contributed by atoms with van der Waals surface area (Å²) in [5.41, 5.74) is 0.987. The molecule has 0 unspecified atom stereocenters. The lowest BCUT2D eigenvalue weighted by Gasteiger charge is -1.96. The van der Waals surface area contributed by atoms with Crippen LogP contribution in [0.3, 0.4) is 0 Å². The van der Waals surface area contributed by atoms with E-state index in [-0.39, 0.29) is 4.21 Å². The van der Waals surface area contributed by atoms with E-state index in [9.17, 15) is 8.42 Å². The summed E-state index contributed by atoms with van der Waals surface area (Å²) in [6.45, 7) is 0. The molecule has 0 atom stereocenters. The molecule has 0 aliphatic heterocycles. The minimum Gasteiger partial charge on any atom is -0.206 e. The van der Waals surface area contributed by atoms with Gasteiger partial charge in [0.2, 0.25) is 0 Å². The number of nitrogens with zero attached hydrogens (tertiary/aromatic N) is 2. The van der Waals surface area contributed by atoms with Crippen LogP contribution in [-0.4, -0.2) is 18.0 Å². The maximum absolute atomic E-state index is 11.2. The second-order valence-electron chi connectivity index (χ2n) is 2.71. The number of aromatic nitrogens is 2. The molecule has 1 heterocycles.